The lowest BCUT2D eigenvalue weighted by atomic mass is 9.96. The molecule has 1 aliphatic rings. The highest BCUT2D eigenvalue weighted by atomic mass is 16.1. The van der Waals surface area contributed by atoms with Crippen molar-refractivity contribution in [3.8, 4) is 0 Å². The number of aromatic nitrogens is 2. The fourth-order valence-corrected chi connectivity index (χ4v) is 2.43. The first-order valence-corrected chi connectivity index (χ1v) is 5.76. The molecular weight excluding hydrogens is 204 g/mol. The van der Waals surface area contributed by atoms with Gasteiger partial charge in [0.25, 0.3) is 5.56 Å². The van der Waals surface area contributed by atoms with Crippen molar-refractivity contribution in [2.24, 2.45) is 5.73 Å². The third kappa shape index (κ3) is 1.95. The SMILES string of the molecule is CC1CCCC(CN)N1c1ncc[nH]c1=O. The molecule has 1 aliphatic heterocycles. The molecule has 0 spiro atoms. The molecule has 1 saturated heterocycles. The molecule has 2 heterocycles. The zero-order chi connectivity index (χ0) is 11.5. The van der Waals surface area contributed by atoms with E-state index in [0.29, 0.717) is 18.4 Å². The summed E-state index contributed by atoms with van der Waals surface area (Å²) in [5, 5.41) is 0. The van der Waals surface area contributed by atoms with Crippen molar-refractivity contribution in [2.75, 3.05) is 11.4 Å². The van der Waals surface area contributed by atoms with Gasteiger partial charge in [-0.2, -0.15) is 0 Å². The molecule has 2 unspecified atom stereocenters. The van der Waals surface area contributed by atoms with Crippen LogP contribution in [0.5, 0.6) is 0 Å². The molecule has 5 heteroatoms. The normalized spacial score (nSPS) is 25.8. The van der Waals surface area contributed by atoms with E-state index < -0.39 is 0 Å². The third-order valence-corrected chi connectivity index (χ3v) is 3.23. The summed E-state index contributed by atoms with van der Waals surface area (Å²) in [7, 11) is 0. The van der Waals surface area contributed by atoms with E-state index in [1.54, 1.807) is 12.4 Å². The second-order valence-corrected chi connectivity index (χ2v) is 4.32. The largest absolute Gasteiger partial charge is 0.345 e. The van der Waals surface area contributed by atoms with E-state index in [4.69, 9.17) is 5.73 Å². The molecule has 0 saturated carbocycles. The predicted molar refractivity (Wildman–Crippen MR) is 63.5 cm³/mol. The number of nitrogens with two attached hydrogens (primary N) is 1. The number of nitrogens with one attached hydrogen (secondary N) is 1. The molecule has 0 aliphatic carbocycles. The molecule has 88 valence electrons. The molecule has 0 bridgehead atoms. The molecule has 0 amide bonds. The Labute approximate surface area is 94.7 Å². The van der Waals surface area contributed by atoms with Gasteiger partial charge in [0, 0.05) is 31.0 Å². The van der Waals surface area contributed by atoms with Crippen molar-refractivity contribution in [3.05, 3.63) is 22.7 Å². The number of rotatable bonds is 2. The van der Waals surface area contributed by atoms with Crippen LogP contribution in [0.2, 0.25) is 0 Å². The lowest BCUT2D eigenvalue weighted by molar-refractivity contribution is 0.396. The molecule has 1 fully saturated rings. The summed E-state index contributed by atoms with van der Waals surface area (Å²) in [6, 6.07) is 0.568. The first-order valence-electron chi connectivity index (χ1n) is 5.76. The maximum Gasteiger partial charge on any atom is 0.290 e. The number of piperidine rings is 1. The van der Waals surface area contributed by atoms with Gasteiger partial charge in [-0.1, -0.05) is 0 Å². The Morgan fingerprint density at radius 2 is 2.44 bits per heavy atom. The molecule has 2 rings (SSSR count). The number of hydrogen-bond acceptors (Lipinski definition) is 4. The fourth-order valence-electron chi connectivity index (χ4n) is 2.43. The summed E-state index contributed by atoms with van der Waals surface area (Å²) in [4.78, 5) is 20.6. The average Bonchev–Trinajstić information content (AvgIpc) is 2.30. The molecular formula is C11H18N4O. The van der Waals surface area contributed by atoms with Gasteiger partial charge in [0.2, 0.25) is 0 Å². The average molecular weight is 222 g/mol. The van der Waals surface area contributed by atoms with Crippen LogP contribution in [0.3, 0.4) is 0 Å². The molecule has 1 aromatic heterocycles. The van der Waals surface area contributed by atoms with Crippen molar-refractivity contribution in [2.45, 2.75) is 38.3 Å². The van der Waals surface area contributed by atoms with E-state index in [1.165, 1.54) is 6.42 Å². The first-order chi connectivity index (χ1) is 7.74. The third-order valence-electron chi connectivity index (χ3n) is 3.23. The summed E-state index contributed by atoms with van der Waals surface area (Å²) < 4.78 is 0. The van der Waals surface area contributed by atoms with Gasteiger partial charge < -0.3 is 15.6 Å². The van der Waals surface area contributed by atoms with Crippen molar-refractivity contribution in [3.63, 3.8) is 0 Å². The Bertz CT molecular complexity index is 403. The van der Waals surface area contributed by atoms with Crippen LogP contribution in [0, 0.1) is 0 Å². The summed E-state index contributed by atoms with van der Waals surface area (Å²) in [5.41, 5.74) is 5.63. The first kappa shape index (κ1) is 11.1. The van der Waals surface area contributed by atoms with Crippen LogP contribution in [0.15, 0.2) is 17.2 Å². The van der Waals surface area contributed by atoms with Crippen LogP contribution in [0.4, 0.5) is 5.82 Å². The smallest absolute Gasteiger partial charge is 0.290 e. The van der Waals surface area contributed by atoms with Gasteiger partial charge in [-0.05, 0) is 26.2 Å². The maximum absolute atomic E-state index is 11.7. The van der Waals surface area contributed by atoms with Gasteiger partial charge in [0.1, 0.15) is 0 Å². The summed E-state index contributed by atoms with van der Waals surface area (Å²) in [6.07, 6.45) is 6.47. The molecule has 16 heavy (non-hydrogen) atoms. The Morgan fingerprint density at radius 1 is 1.62 bits per heavy atom. The van der Waals surface area contributed by atoms with E-state index in [0.717, 1.165) is 12.8 Å². The predicted octanol–water partition coefficient (Wildman–Crippen LogP) is 0.476. The van der Waals surface area contributed by atoms with Crippen LogP contribution < -0.4 is 16.2 Å². The molecule has 3 N–H and O–H groups in total. The summed E-state index contributed by atoms with van der Waals surface area (Å²) in [6.45, 7) is 2.69. The molecule has 2 atom stereocenters. The quantitative estimate of drug-likeness (QED) is 0.763. The van der Waals surface area contributed by atoms with E-state index >= 15 is 0 Å². The standard InChI is InChI=1S/C11H18N4O/c1-8-3-2-4-9(7-12)15(8)10-11(16)14-6-5-13-10/h5-6,8-9H,2-4,7,12H2,1H3,(H,14,16). The number of H-pyrrole nitrogens is 1. The highest BCUT2D eigenvalue weighted by molar-refractivity contribution is 5.39. The van der Waals surface area contributed by atoms with Crippen LogP contribution in [-0.4, -0.2) is 28.6 Å². The van der Waals surface area contributed by atoms with E-state index in [1.807, 2.05) is 0 Å². The van der Waals surface area contributed by atoms with E-state index in [-0.39, 0.29) is 11.6 Å². The Kier molecular flexibility index (Phi) is 3.24. The highest BCUT2D eigenvalue weighted by Gasteiger charge is 2.29. The van der Waals surface area contributed by atoms with Crippen molar-refractivity contribution < 1.29 is 0 Å². The van der Waals surface area contributed by atoms with Gasteiger partial charge in [-0.3, -0.25) is 4.79 Å². The lowest BCUT2D eigenvalue weighted by Crippen LogP contribution is -2.51. The number of aromatic amines is 1. The molecule has 5 nitrogen and oxygen atoms in total. The number of anilines is 1. The van der Waals surface area contributed by atoms with E-state index in [2.05, 4.69) is 21.8 Å². The Morgan fingerprint density at radius 3 is 3.12 bits per heavy atom. The molecule has 0 aromatic carbocycles. The van der Waals surface area contributed by atoms with Crippen molar-refractivity contribution in [1.82, 2.24) is 9.97 Å². The topological polar surface area (TPSA) is 75.0 Å². The summed E-state index contributed by atoms with van der Waals surface area (Å²) in [5.74, 6) is 0.505. The number of nitrogens with zero attached hydrogens (tertiary/aromatic N) is 2. The van der Waals surface area contributed by atoms with Gasteiger partial charge in [-0.25, -0.2) is 4.98 Å². The van der Waals surface area contributed by atoms with Gasteiger partial charge in [0.05, 0.1) is 0 Å². The minimum Gasteiger partial charge on any atom is -0.345 e. The van der Waals surface area contributed by atoms with Gasteiger partial charge in [-0.15, -0.1) is 0 Å². The van der Waals surface area contributed by atoms with E-state index in [9.17, 15) is 4.79 Å². The van der Waals surface area contributed by atoms with Gasteiger partial charge in [0.15, 0.2) is 5.82 Å². The van der Waals surface area contributed by atoms with Crippen LogP contribution in [0.25, 0.3) is 0 Å². The van der Waals surface area contributed by atoms with Gasteiger partial charge >= 0.3 is 0 Å². The zero-order valence-corrected chi connectivity index (χ0v) is 9.52. The molecule has 0 radical (unpaired) electrons. The second-order valence-electron chi connectivity index (χ2n) is 4.32. The van der Waals surface area contributed by atoms with Crippen LogP contribution in [0.1, 0.15) is 26.2 Å². The lowest BCUT2D eigenvalue weighted by Gasteiger charge is -2.40. The van der Waals surface area contributed by atoms with Crippen LogP contribution >= 0.6 is 0 Å². The maximum atomic E-state index is 11.7. The minimum absolute atomic E-state index is 0.130. The Balaban J connectivity index is 2.36. The fraction of sp³-hybridized carbons (Fsp3) is 0.636. The monoisotopic (exact) mass is 222 g/mol. The van der Waals surface area contributed by atoms with Crippen LogP contribution in [-0.2, 0) is 0 Å². The highest BCUT2D eigenvalue weighted by Crippen LogP contribution is 2.24. The molecule has 1 aromatic rings. The van der Waals surface area contributed by atoms with Crippen molar-refractivity contribution >= 4 is 5.82 Å². The zero-order valence-electron chi connectivity index (χ0n) is 9.52. The Hall–Kier alpha value is -1.36. The number of hydrogen-bond donors (Lipinski definition) is 2. The minimum atomic E-state index is -0.130. The van der Waals surface area contributed by atoms with Crippen molar-refractivity contribution in [1.29, 1.82) is 0 Å². The second kappa shape index (κ2) is 4.65. The summed E-state index contributed by atoms with van der Waals surface area (Å²) >= 11 is 0.